The van der Waals surface area contributed by atoms with Crippen LogP contribution in [0.5, 0.6) is 0 Å². The van der Waals surface area contributed by atoms with Crippen LogP contribution in [0, 0.1) is 6.92 Å². The number of imidazole rings is 1. The summed E-state index contributed by atoms with van der Waals surface area (Å²) in [5.41, 5.74) is 9.52. The maximum Gasteiger partial charge on any atom is 0.144 e. The van der Waals surface area contributed by atoms with Crippen LogP contribution in [0.2, 0.25) is 0 Å². The maximum absolute atomic E-state index is 4.91. The van der Waals surface area contributed by atoms with E-state index in [9.17, 15) is 0 Å². The zero-order valence-electron chi connectivity index (χ0n) is 22.2. The zero-order chi connectivity index (χ0) is 26.4. The average molecular weight is 489 g/mol. The van der Waals surface area contributed by atoms with Crippen LogP contribution in [0.3, 0.4) is 0 Å². The number of nitrogens with zero attached hydrogens (tertiary/aromatic N) is 4. The van der Waals surface area contributed by atoms with Gasteiger partial charge >= 0.3 is 0 Å². The first kappa shape index (κ1) is 25.9. The molecule has 0 N–H and O–H groups in total. The molecular formula is C33H36N4. The lowest BCUT2D eigenvalue weighted by Gasteiger charge is -2.17. The minimum atomic E-state index is 0.987. The second-order valence-corrected chi connectivity index (χ2v) is 9.10. The summed E-state index contributed by atoms with van der Waals surface area (Å²) in [5.74, 6) is 1.99. The predicted octanol–water partition coefficient (Wildman–Crippen LogP) is 8.46. The second-order valence-electron chi connectivity index (χ2n) is 9.10. The molecule has 0 spiro atoms. The molecule has 2 aromatic carbocycles. The van der Waals surface area contributed by atoms with Crippen molar-refractivity contribution in [2.24, 2.45) is 12.0 Å². The largest absolute Gasteiger partial charge is 0.331 e. The molecular weight excluding hydrogens is 452 g/mol. The minimum Gasteiger partial charge on any atom is -0.331 e. The summed E-state index contributed by atoms with van der Waals surface area (Å²) in [4.78, 5) is 9.71. The molecule has 4 nitrogen and oxygen atoms in total. The lowest BCUT2D eigenvalue weighted by molar-refractivity contribution is 0.663. The van der Waals surface area contributed by atoms with E-state index in [0.717, 1.165) is 52.7 Å². The summed E-state index contributed by atoms with van der Waals surface area (Å²) in [6, 6.07) is 19.2. The van der Waals surface area contributed by atoms with Crippen LogP contribution in [0.25, 0.3) is 34.3 Å². The summed E-state index contributed by atoms with van der Waals surface area (Å²) >= 11 is 0. The zero-order valence-corrected chi connectivity index (χ0v) is 22.2. The van der Waals surface area contributed by atoms with Gasteiger partial charge in [-0.1, -0.05) is 80.4 Å². The van der Waals surface area contributed by atoms with Gasteiger partial charge in [0.1, 0.15) is 11.6 Å². The van der Waals surface area contributed by atoms with Crippen molar-refractivity contribution in [2.45, 2.75) is 39.5 Å². The molecule has 0 unspecified atom stereocenters. The Morgan fingerprint density at radius 2 is 1.62 bits per heavy atom. The van der Waals surface area contributed by atoms with E-state index in [2.05, 4.69) is 91.4 Å². The van der Waals surface area contributed by atoms with Gasteiger partial charge in [0.25, 0.3) is 0 Å². The molecule has 4 aromatic rings. The summed E-state index contributed by atoms with van der Waals surface area (Å²) in [6.45, 7) is 14.9. The van der Waals surface area contributed by atoms with Crippen LogP contribution in [-0.4, -0.2) is 20.3 Å². The molecule has 2 aromatic heterocycles. The van der Waals surface area contributed by atoms with Gasteiger partial charge in [0.15, 0.2) is 0 Å². The minimum absolute atomic E-state index is 0.987. The van der Waals surface area contributed by atoms with E-state index in [4.69, 9.17) is 9.98 Å². The molecule has 1 aliphatic rings. The van der Waals surface area contributed by atoms with Gasteiger partial charge in [-0.05, 0) is 57.2 Å². The normalized spacial score (nSPS) is 12.5. The highest BCUT2D eigenvalue weighted by Gasteiger charge is 2.24. The summed E-state index contributed by atoms with van der Waals surface area (Å²) in [7, 11) is 2.09. The molecule has 188 valence electrons. The standard InChI is InChI=1S/C29H30N4.C4H6/c1-5-24-25-17-10-11-18-26(25)33(29(24)30-6-2)23-16-12-15-22(19-23)28-27(31-20(3)32(28)4)21-13-8-7-9-14-21;1-3-4-2/h5-9,12-16,19H,1,10-11,17-18H2,2-4H3;3-4H,1-2H2/b30-6-;. The van der Waals surface area contributed by atoms with E-state index in [1.54, 1.807) is 12.2 Å². The number of hydrogen-bond donors (Lipinski definition) is 0. The molecule has 0 saturated heterocycles. The Labute approximate surface area is 221 Å². The summed E-state index contributed by atoms with van der Waals surface area (Å²) < 4.78 is 4.53. The van der Waals surface area contributed by atoms with Gasteiger partial charge in [-0.3, -0.25) is 4.57 Å². The number of aromatic nitrogens is 3. The molecule has 0 atom stereocenters. The van der Waals surface area contributed by atoms with Crippen molar-refractivity contribution in [2.75, 3.05) is 0 Å². The van der Waals surface area contributed by atoms with Gasteiger partial charge in [-0.25, -0.2) is 9.98 Å². The third-order valence-electron chi connectivity index (χ3n) is 6.85. The third-order valence-corrected chi connectivity index (χ3v) is 6.85. The fourth-order valence-corrected chi connectivity index (χ4v) is 5.08. The van der Waals surface area contributed by atoms with Crippen LogP contribution in [-0.2, 0) is 19.9 Å². The number of rotatable bonds is 6. The molecule has 4 heteroatoms. The fraction of sp³-hybridized carbons (Fsp3) is 0.212. The van der Waals surface area contributed by atoms with E-state index in [1.165, 1.54) is 29.7 Å². The molecule has 0 fully saturated rings. The number of allylic oxidation sites excluding steroid dienone is 2. The number of fused-ring (bicyclic) bond motifs is 1. The van der Waals surface area contributed by atoms with Crippen LogP contribution >= 0.6 is 0 Å². The van der Waals surface area contributed by atoms with Crippen LogP contribution in [0.15, 0.2) is 91.5 Å². The Kier molecular flexibility index (Phi) is 8.19. The SMILES string of the molecule is C=CC=C.C=Cc1c2c(n(-c3cccc(-c4c(-c5ccccc5)nc(C)n4C)c3)c1/N=C\C)CCCC2. The molecule has 0 aliphatic heterocycles. The molecule has 37 heavy (non-hydrogen) atoms. The number of hydrogen-bond acceptors (Lipinski definition) is 2. The predicted molar refractivity (Wildman–Crippen MR) is 159 cm³/mol. The van der Waals surface area contributed by atoms with Crippen LogP contribution in [0.4, 0.5) is 5.82 Å². The summed E-state index contributed by atoms with van der Waals surface area (Å²) in [5, 5.41) is 0. The number of aryl methyl sites for hydroxylation is 1. The Bertz CT molecular complexity index is 1440. The smallest absolute Gasteiger partial charge is 0.144 e. The summed E-state index contributed by atoms with van der Waals surface area (Å²) in [6.07, 6.45) is 11.7. The van der Waals surface area contributed by atoms with Gasteiger partial charge in [-0.2, -0.15) is 0 Å². The van der Waals surface area contributed by atoms with E-state index in [1.807, 2.05) is 25.3 Å². The van der Waals surface area contributed by atoms with Crippen LogP contribution in [0.1, 0.15) is 42.4 Å². The third kappa shape index (κ3) is 5.05. The van der Waals surface area contributed by atoms with Gasteiger partial charge in [0.2, 0.25) is 0 Å². The van der Waals surface area contributed by atoms with Crippen LogP contribution < -0.4 is 0 Å². The van der Waals surface area contributed by atoms with Crippen molar-refractivity contribution >= 4 is 18.1 Å². The van der Waals surface area contributed by atoms with E-state index in [-0.39, 0.29) is 0 Å². The maximum atomic E-state index is 4.91. The Morgan fingerprint density at radius 1 is 0.919 bits per heavy atom. The van der Waals surface area contributed by atoms with Crippen molar-refractivity contribution < 1.29 is 0 Å². The van der Waals surface area contributed by atoms with Gasteiger partial charge in [0, 0.05) is 41.3 Å². The van der Waals surface area contributed by atoms with E-state index < -0.39 is 0 Å². The second kappa shape index (κ2) is 11.7. The quantitative estimate of drug-likeness (QED) is 0.198. The Balaban J connectivity index is 0.000000747. The molecule has 2 heterocycles. The Morgan fingerprint density at radius 3 is 2.30 bits per heavy atom. The van der Waals surface area contributed by atoms with E-state index >= 15 is 0 Å². The molecule has 0 radical (unpaired) electrons. The molecule has 0 amide bonds. The molecule has 5 rings (SSSR count). The highest BCUT2D eigenvalue weighted by molar-refractivity contribution is 5.81. The van der Waals surface area contributed by atoms with Crippen molar-refractivity contribution in [3.63, 3.8) is 0 Å². The first-order valence-corrected chi connectivity index (χ1v) is 12.9. The number of benzene rings is 2. The van der Waals surface area contributed by atoms with Gasteiger partial charge in [-0.15, -0.1) is 0 Å². The van der Waals surface area contributed by atoms with E-state index in [0.29, 0.717) is 0 Å². The van der Waals surface area contributed by atoms with Crippen molar-refractivity contribution in [1.82, 2.24) is 14.1 Å². The first-order valence-electron chi connectivity index (χ1n) is 12.9. The average Bonchev–Trinajstić information content (AvgIpc) is 3.42. The van der Waals surface area contributed by atoms with Gasteiger partial charge in [0.05, 0.1) is 11.4 Å². The molecule has 0 saturated carbocycles. The van der Waals surface area contributed by atoms with Gasteiger partial charge < -0.3 is 4.57 Å². The molecule has 1 aliphatic carbocycles. The van der Waals surface area contributed by atoms with Crippen molar-refractivity contribution in [3.8, 4) is 28.2 Å². The highest BCUT2D eigenvalue weighted by atomic mass is 15.1. The van der Waals surface area contributed by atoms with Crippen molar-refractivity contribution in [3.05, 3.63) is 109 Å². The van der Waals surface area contributed by atoms with Crippen molar-refractivity contribution in [1.29, 1.82) is 0 Å². The highest BCUT2D eigenvalue weighted by Crippen LogP contribution is 2.39. The number of aliphatic imine (C=N–C) groups is 1. The Hall–Kier alpha value is -4.18. The molecule has 0 bridgehead atoms. The topological polar surface area (TPSA) is 35.1 Å². The lowest BCUT2D eigenvalue weighted by Crippen LogP contribution is -2.07. The lowest BCUT2D eigenvalue weighted by atomic mass is 9.95. The fourth-order valence-electron chi connectivity index (χ4n) is 5.08. The first-order chi connectivity index (χ1) is 18.0. The monoisotopic (exact) mass is 488 g/mol.